The molecule has 0 aromatic carbocycles. The Morgan fingerprint density at radius 2 is 2.15 bits per heavy atom. The number of rotatable bonds is 5. The molecule has 0 saturated carbocycles. The lowest BCUT2D eigenvalue weighted by Gasteiger charge is -2.15. The van der Waals surface area contributed by atoms with E-state index in [-0.39, 0.29) is 10.8 Å². The molecule has 106 valence electrons. The zero-order valence-electron chi connectivity index (χ0n) is 10.7. The third-order valence-electron chi connectivity index (χ3n) is 2.46. The van der Waals surface area contributed by atoms with E-state index in [1.165, 1.54) is 13.1 Å². The third kappa shape index (κ3) is 3.41. The number of hydrogen-bond acceptors (Lipinski definition) is 5. The lowest BCUT2D eigenvalue weighted by molar-refractivity contribution is -0.116. The maximum atomic E-state index is 12.1. The van der Waals surface area contributed by atoms with Crippen molar-refractivity contribution in [1.29, 1.82) is 0 Å². The second-order valence-corrected chi connectivity index (χ2v) is 7.18. The predicted molar refractivity (Wildman–Crippen MR) is 77.0 cm³/mol. The van der Waals surface area contributed by atoms with Crippen molar-refractivity contribution >= 4 is 33.1 Å². The molecule has 1 N–H and O–H groups in total. The maximum Gasteiger partial charge on any atom is 0.252 e. The number of thiophene rings is 1. The summed E-state index contributed by atoms with van der Waals surface area (Å²) in [6.45, 7) is -0.267. The first-order chi connectivity index (χ1) is 9.50. The molecule has 0 atom stereocenters. The first kappa shape index (κ1) is 14.6. The fourth-order valence-electron chi connectivity index (χ4n) is 1.47. The molecule has 0 radical (unpaired) electrons. The van der Waals surface area contributed by atoms with E-state index in [9.17, 15) is 13.2 Å². The highest BCUT2D eigenvalue weighted by atomic mass is 32.2. The van der Waals surface area contributed by atoms with Crippen LogP contribution in [0.3, 0.4) is 0 Å². The average molecular weight is 311 g/mol. The maximum absolute atomic E-state index is 12.1. The number of sulfonamides is 1. The van der Waals surface area contributed by atoms with Crippen LogP contribution in [0, 0.1) is 0 Å². The number of carbonyl (C=O) groups excluding carboxylic acids is 1. The Hall–Kier alpha value is -1.77. The van der Waals surface area contributed by atoms with Gasteiger partial charge in [-0.3, -0.25) is 4.79 Å². The van der Waals surface area contributed by atoms with E-state index in [0.29, 0.717) is 5.82 Å². The summed E-state index contributed by atoms with van der Waals surface area (Å²) in [7, 11) is -2.24. The number of anilines is 1. The van der Waals surface area contributed by atoms with Crippen molar-refractivity contribution in [3.63, 3.8) is 0 Å². The molecular weight excluding hydrogens is 298 g/mol. The second kappa shape index (κ2) is 6.12. The van der Waals surface area contributed by atoms with Crippen molar-refractivity contribution in [2.24, 2.45) is 0 Å². The van der Waals surface area contributed by atoms with Gasteiger partial charge in [-0.15, -0.1) is 11.3 Å². The number of aromatic nitrogens is 1. The van der Waals surface area contributed by atoms with Gasteiger partial charge in [-0.1, -0.05) is 12.1 Å². The van der Waals surface area contributed by atoms with Gasteiger partial charge in [-0.2, -0.15) is 4.31 Å². The van der Waals surface area contributed by atoms with Gasteiger partial charge < -0.3 is 5.32 Å². The number of pyridine rings is 1. The van der Waals surface area contributed by atoms with E-state index in [4.69, 9.17) is 0 Å². The van der Waals surface area contributed by atoms with Crippen LogP contribution < -0.4 is 5.32 Å². The number of carbonyl (C=O) groups is 1. The van der Waals surface area contributed by atoms with Crippen molar-refractivity contribution in [3.05, 3.63) is 41.9 Å². The van der Waals surface area contributed by atoms with Crippen molar-refractivity contribution in [2.75, 3.05) is 18.9 Å². The molecule has 0 aliphatic heterocycles. The number of nitrogens with zero attached hydrogens (tertiary/aromatic N) is 2. The number of likely N-dealkylation sites (N-methyl/N-ethyl adjacent to an activating group) is 1. The topological polar surface area (TPSA) is 79.4 Å². The quantitative estimate of drug-likeness (QED) is 0.905. The molecule has 20 heavy (non-hydrogen) atoms. The van der Waals surface area contributed by atoms with Crippen LogP contribution in [0.2, 0.25) is 0 Å². The van der Waals surface area contributed by atoms with Gasteiger partial charge in [-0.25, -0.2) is 13.4 Å². The molecule has 0 saturated heterocycles. The van der Waals surface area contributed by atoms with Crippen molar-refractivity contribution < 1.29 is 13.2 Å². The van der Waals surface area contributed by atoms with Crippen LogP contribution in [0.25, 0.3) is 0 Å². The van der Waals surface area contributed by atoms with Crippen LogP contribution in [-0.2, 0) is 14.8 Å². The second-order valence-electron chi connectivity index (χ2n) is 3.96. The Bertz CT molecular complexity index is 669. The molecule has 0 aliphatic rings. The molecule has 0 fully saturated rings. The summed E-state index contributed by atoms with van der Waals surface area (Å²) in [6, 6.07) is 8.25. The van der Waals surface area contributed by atoms with Crippen molar-refractivity contribution in [3.8, 4) is 0 Å². The Balaban J connectivity index is 2.01. The van der Waals surface area contributed by atoms with Gasteiger partial charge in [0, 0.05) is 13.2 Å². The standard InChI is InChI=1S/C12H13N3O3S2/c1-15(20(17,18)12-6-4-8-19-12)9-11(16)14-10-5-2-3-7-13-10/h2-8H,9H2,1H3,(H,13,14,16). The van der Waals surface area contributed by atoms with Gasteiger partial charge in [0.2, 0.25) is 5.91 Å². The van der Waals surface area contributed by atoms with Gasteiger partial charge in [0.15, 0.2) is 0 Å². The summed E-state index contributed by atoms with van der Waals surface area (Å²) < 4.78 is 25.5. The van der Waals surface area contributed by atoms with Gasteiger partial charge >= 0.3 is 0 Å². The van der Waals surface area contributed by atoms with Crippen molar-refractivity contribution in [1.82, 2.24) is 9.29 Å². The van der Waals surface area contributed by atoms with E-state index in [1.54, 1.807) is 35.8 Å². The molecule has 1 amide bonds. The Kier molecular flexibility index (Phi) is 4.48. The minimum atomic E-state index is -3.61. The predicted octanol–water partition coefficient (Wildman–Crippen LogP) is 1.40. The molecule has 2 heterocycles. The molecule has 0 spiro atoms. The van der Waals surface area contributed by atoms with Crippen LogP contribution in [0.5, 0.6) is 0 Å². The molecule has 0 bridgehead atoms. The lowest BCUT2D eigenvalue weighted by Crippen LogP contribution is -2.34. The van der Waals surface area contributed by atoms with E-state index < -0.39 is 15.9 Å². The Labute approximate surface area is 121 Å². The highest BCUT2D eigenvalue weighted by Crippen LogP contribution is 2.19. The summed E-state index contributed by atoms with van der Waals surface area (Å²) in [6.07, 6.45) is 1.54. The Morgan fingerprint density at radius 1 is 1.35 bits per heavy atom. The summed E-state index contributed by atoms with van der Waals surface area (Å²) >= 11 is 1.12. The zero-order valence-corrected chi connectivity index (χ0v) is 12.3. The molecule has 0 unspecified atom stereocenters. The first-order valence-electron chi connectivity index (χ1n) is 5.71. The van der Waals surface area contributed by atoms with E-state index in [0.717, 1.165) is 15.6 Å². The fourth-order valence-corrected chi connectivity index (χ4v) is 3.80. The minimum absolute atomic E-state index is 0.214. The van der Waals surface area contributed by atoms with Crippen LogP contribution in [0.1, 0.15) is 0 Å². The van der Waals surface area contributed by atoms with Gasteiger partial charge in [-0.05, 0) is 23.6 Å². The van der Waals surface area contributed by atoms with E-state index in [2.05, 4.69) is 10.3 Å². The monoisotopic (exact) mass is 311 g/mol. The number of nitrogens with one attached hydrogen (secondary N) is 1. The van der Waals surface area contributed by atoms with E-state index in [1.807, 2.05) is 0 Å². The number of hydrogen-bond donors (Lipinski definition) is 1. The molecule has 2 aromatic heterocycles. The highest BCUT2D eigenvalue weighted by Gasteiger charge is 2.23. The van der Waals surface area contributed by atoms with E-state index >= 15 is 0 Å². The van der Waals surface area contributed by atoms with Crippen LogP contribution in [0.15, 0.2) is 46.1 Å². The van der Waals surface area contributed by atoms with Crippen LogP contribution in [-0.4, -0.2) is 37.2 Å². The highest BCUT2D eigenvalue weighted by molar-refractivity contribution is 7.91. The van der Waals surface area contributed by atoms with Crippen LogP contribution in [0.4, 0.5) is 5.82 Å². The summed E-state index contributed by atoms with van der Waals surface area (Å²) in [5.74, 6) is -0.0502. The summed E-state index contributed by atoms with van der Waals surface area (Å²) in [5, 5.41) is 4.21. The average Bonchev–Trinajstić information content (AvgIpc) is 2.94. The largest absolute Gasteiger partial charge is 0.310 e. The molecule has 2 rings (SSSR count). The van der Waals surface area contributed by atoms with Gasteiger partial charge in [0.25, 0.3) is 10.0 Å². The van der Waals surface area contributed by atoms with Gasteiger partial charge in [0.1, 0.15) is 10.0 Å². The van der Waals surface area contributed by atoms with Crippen LogP contribution >= 0.6 is 11.3 Å². The first-order valence-corrected chi connectivity index (χ1v) is 8.03. The zero-order chi connectivity index (χ0) is 14.6. The number of amides is 1. The molecule has 6 nitrogen and oxygen atoms in total. The SMILES string of the molecule is CN(CC(=O)Nc1ccccn1)S(=O)(=O)c1cccs1. The fraction of sp³-hybridized carbons (Fsp3) is 0.167. The minimum Gasteiger partial charge on any atom is -0.310 e. The normalized spacial score (nSPS) is 11.5. The molecule has 8 heteroatoms. The third-order valence-corrected chi connectivity index (χ3v) is 5.63. The molecule has 0 aliphatic carbocycles. The lowest BCUT2D eigenvalue weighted by atomic mass is 10.4. The Morgan fingerprint density at radius 3 is 2.75 bits per heavy atom. The summed E-state index contributed by atoms with van der Waals surface area (Å²) in [4.78, 5) is 15.7. The molecule has 2 aromatic rings. The van der Waals surface area contributed by atoms with Crippen molar-refractivity contribution in [2.45, 2.75) is 4.21 Å². The smallest absolute Gasteiger partial charge is 0.252 e. The van der Waals surface area contributed by atoms with Gasteiger partial charge in [0.05, 0.1) is 6.54 Å². The molecular formula is C12H13N3O3S2. The summed E-state index contributed by atoms with van der Waals surface area (Å²) in [5.41, 5.74) is 0.